The third-order valence-electron chi connectivity index (χ3n) is 3.69. The lowest BCUT2D eigenvalue weighted by atomic mass is 9.87. The zero-order valence-electron chi connectivity index (χ0n) is 10.4. The molecular weight excluding hydrogens is 214 g/mol. The smallest absolute Gasteiger partial charge is 0.0343 e. The maximum atomic E-state index is 3.67. The van der Waals surface area contributed by atoms with E-state index in [2.05, 4.69) is 49.7 Å². The van der Waals surface area contributed by atoms with E-state index in [9.17, 15) is 0 Å². The van der Waals surface area contributed by atoms with Crippen LogP contribution >= 0.6 is 11.8 Å². The first kappa shape index (κ1) is 11.8. The zero-order chi connectivity index (χ0) is 11.6. The monoisotopic (exact) mass is 235 g/mol. The molecule has 1 unspecified atom stereocenters. The molecule has 1 saturated carbocycles. The molecule has 0 saturated heterocycles. The summed E-state index contributed by atoms with van der Waals surface area (Å²) in [5.74, 6) is 0. The number of hydrogen-bond acceptors (Lipinski definition) is 2. The van der Waals surface area contributed by atoms with Crippen LogP contribution in [0.25, 0.3) is 0 Å². The Labute approximate surface area is 103 Å². The SMILES string of the molecule is CSc1ccc(NC2CCCC2(C)C)cc1. The molecule has 0 spiro atoms. The Kier molecular flexibility index (Phi) is 3.48. The number of thioether (sulfide) groups is 1. The van der Waals surface area contributed by atoms with Crippen LogP contribution in [0, 0.1) is 5.41 Å². The van der Waals surface area contributed by atoms with Crippen molar-refractivity contribution in [3.05, 3.63) is 24.3 Å². The number of benzene rings is 1. The van der Waals surface area contributed by atoms with E-state index in [0.29, 0.717) is 11.5 Å². The minimum Gasteiger partial charge on any atom is -0.382 e. The molecule has 0 aliphatic heterocycles. The zero-order valence-corrected chi connectivity index (χ0v) is 11.2. The van der Waals surface area contributed by atoms with Gasteiger partial charge in [-0.05, 0) is 48.8 Å². The Balaban J connectivity index is 2.03. The molecule has 16 heavy (non-hydrogen) atoms. The molecule has 1 nitrogen and oxygen atoms in total. The van der Waals surface area contributed by atoms with Crippen molar-refractivity contribution in [3.8, 4) is 0 Å². The molecule has 0 heterocycles. The Bertz CT molecular complexity index is 342. The van der Waals surface area contributed by atoms with E-state index in [1.807, 2.05) is 0 Å². The van der Waals surface area contributed by atoms with Crippen LogP contribution in [0.15, 0.2) is 29.2 Å². The van der Waals surface area contributed by atoms with Crippen molar-refractivity contribution in [2.75, 3.05) is 11.6 Å². The highest BCUT2D eigenvalue weighted by atomic mass is 32.2. The summed E-state index contributed by atoms with van der Waals surface area (Å²) >= 11 is 1.79. The van der Waals surface area contributed by atoms with Crippen molar-refractivity contribution < 1.29 is 0 Å². The van der Waals surface area contributed by atoms with Gasteiger partial charge in [0.25, 0.3) is 0 Å². The first-order chi connectivity index (χ1) is 7.62. The first-order valence-electron chi connectivity index (χ1n) is 6.02. The molecule has 1 aromatic rings. The summed E-state index contributed by atoms with van der Waals surface area (Å²) in [6.07, 6.45) is 6.11. The molecule has 0 radical (unpaired) electrons. The molecule has 88 valence electrons. The van der Waals surface area contributed by atoms with Crippen molar-refractivity contribution in [2.45, 2.75) is 44.0 Å². The second-order valence-corrected chi connectivity index (χ2v) is 6.19. The third-order valence-corrected chi connectivity index (χ3v) is 4.43. The summed E-state index contributed by atoms with van der Waals surface area (Å²) in [5, 5.41) is 3.67. The minimum absolute atomic E-state index is 0.443. The van der Waals surface area contributed by atoms with Crippen molar-refractivity contribution in [3.63, 3.8) is 0 Å². The van der Waals surface area contributed by atoms with Gasteiger partial charge >= 0.3 is 0 Å². The van der Waals surface area contributed by atoms with Gasteiger partial charge in [-0.2, -0.15) is 0 Å². The highest BCUT2D eigenvalue weighted by Gasteiger charge is 2.34. The molecule has 1 atom stereocenters. The van der Waals surface area contributed by atoms with Gasteiger partial charge in [-0.15, -0.1) is 11.8 Å². The first-order valence-corrected chi connectivity index (χ1v) is 7.25. The number of rotatable bonds is 3. The Morgan fingerprint density at radius 1 is 1.25 bits per heavy atom. The molecular formula is C14H21NS. The van der Waals surface area contributed by atoms with Crippen molar-refractivity contribution in [1.29, 1.82) is 0 Å². The molecule has 1 aromatic carbocycles. The van der Waals surface area contributed by atoms with Crippen LogP contribution in [0.3, 0.4) is 0 Å². The van der Waals surface area contributed by atoms with Gasteiger partial charge in [0.1, 0.15) is 0 Å². The van der Waals surface area contributed by atoms with E-state index in [1.165, 1.54) is 29.8 Å². The summed E-state index contributed by atoms with van der Waals surface area (Å²) in [5.41, 5.74) is 1.70. The average Bonchev–Trinajstić information content (AvgIpc) is 2.59. The summed E-state index contributed by atoms with van der Waals surface area (Å²) in [6, 6.07) is 9.40. The summed E-state index contributed by atoms with van der Waals surface area (Å²) < 4.78 is 0. The van der Waals surface area contributed by atoms with Crippen LogP contribution in [0.5, 0.6) is 0 Å². The number of nitrogens with one attached hydrogen (secondary N) is 1. The van der Waals surface area contributed by atoms with Crippen LogP contribution in [-0.4, -0.2) is 12.3 Å². The Morgan fingerprint density at radius 3 is 2.44 bits per heavy atom. The van der Waals surface area contributed by atoms with E-state index < -0.39 is 0 Å². The highest BCUT2D eigenvalue weighted by molar-refractivity contribution is 7.98. The summed E-state index contributed by atoms with van der Waals surface area (Å²) in [6.45, 7) is 4.74. The van der Waals surface area contributed by atoms with E-state index in [1.54, 1.807) is 11.8 Å². The number of hydrogen-bond donors (Lipinski definition) is 1. The van der Waals surface area contributed by atoms with Crippen LogP contribution in [0.4, 0.5) is 5.69 Å². The number of anilines is 1. The molecule has 1 fully saturated rings. The van der Waals surface area contributed by atoms with E-state index in [-0.39, 0.29) is 0 Å². The lowest BCUT2D eigenvalue weighted by Gasteiger charge is -2.28. The lowest BCUT2D eigenvalue weighted by Crippen LogP contribution is -2.30. The van der Waals surface area contributed by atoms with Gasteiger partial charge in [-0.1, -0.05) is 20.3 Å². The van der Waals surface area contributed by atoms with Crippen molar-refractivity contribution >= 4 is 17.4 Å². The lowest BCUT2D eigenvalue weighted by molar-refractivity contribution is 0.350. The fourth-order valence-electron chi connectivity index (χ4n) is 2.48. The normalized spacial score (nSPS) is 23.3. The predicted octanol–water partition coefficient (Wildman–Crippen LogP) is 4.40. The summed E-state index contributed by atoms with van der Waals surface area (Å²) in [7, 11) is 0. The maximum Gasteiger partial charge on any atom is 0.0343 e. The van der Waals surface area contributed by atoms with Gasteiger partial charge in [0.15, 0.2) is 0 Å². The molecule has 1 aliphatic rings. The standard InChI is InChI=1S/C14H21NS/c1-14(2)10-4-5-13(14)15-11-6-8-12(16-3)9-7-11/h6-9,13,15H,4-5,10H2,1-3H3. The van der Waals surface area contributed by atoms with Crippen LogP contribution in [0.1, 0.15) is 33.1 Å². The fourth-order valence-corrected chi connectivity index (χ4v) is 2.89. The molecule has 1 aliphatic carbocycles. The molecule has 0 aromatic heterocycles. The Hall–Kier alpha value is -0.630. The van der Waals surface area contributed by atoms with E-state index in [0.717, 1.165) is 0 Å². The maximum absolute atomic E-state index is 3.67. The summed E-state index contributed by atoms with van der Waals surface area (Å²) in [4.78, 5) is 1.33. The molecule has 0 amide bonds. The van der Waals surface area contributed by atoms with E-state index in [4.69, 9.17) is 0 Å². The molecule has 2 heteroatoms. The molecule has 2 rings (SSSR count). The van der Waals surface area contributed by atoms with Crippen molar-refractivity contribution in [1.82, 2.24) is 0 Å². The second kappa shape index (κ2) is 4.70. The molecule has 0 bridgehead atoms. The average molecular weight is 235 g/mol. The highest BCUT2D eigenvalue weighted by Crippen LogP contribution is 2.39. The van der Waals surface area contributed by atoms with Crippen LogP contribution in [-0.2, 0) is 0 Å². The third kappa shape index (κ3) is 2.54. The van der Waals surface area contributed by atoms with Crippen LogP contribution in [0.2, 0.25) is 0 Å². The predicted molar refractivity (Wildman–Crippen MR) is 73.3 cm³/mol. The van der Waals surface area contributed by atoms with Gasteiger partial charge in [-0.25, -0.2) is 0 Å². The van der Waals surface area contributed by atoms with Gasteiger partial charge < -0.3 is 5.32 Å². The molecule has 1 N–H and O–H groups in total. The fraction of sp³-hybridized carbons (Fsp3) is 0.571. The van der Waals surface area contributed by atoms with Gasteiger partial charge in [0.2, 0.25) is 0 Å². The minimum atomic E-state index is 0.443. The quantitative estimate of drug-likeness (QED) is 0.779. The van der Waals surface area contributed by atoms with E-state index >= 15 is 0 Å². The topological polar surface area (TPSA) is 12.0 Å². The Morgan fingerprint density at radius 2 is 1.94 bits per heavy atom. The second-order valence-electron chi connectivity index (χ2n) is 5.31. The van der Waals surface area contributed by atoms with Gasteiger partial charge in [0.05, 0.1) is 0 Å². The van der Waals surface area contributed by atoms with Gasteiger partial charge in [0, 0.05) is 16.6 Å². The van der Waals surface area contributed by atoms with Gasteiger partial charge in [-0.3, -0.25) is 0 Å². The largest absolute Gasteiger partial charge is 0.382 e. The van der Waals surface area contributed by atoms with Crippen molar-refractivity contribution in [2.24, 2.45) is 5.41 Å². The van der Waals surface area contributed by atoms with Crippen LogP contribution < -0.4 is 5.32 Å².